The fourth-order valence-corrected chi connectivity index (χ4v) is 3.99. The summed E-state index contributed by atoms with van der Waals surface area (Å²) in [6.45, 7) is 3.16. The predicted molar refractivity (Wildman–Crippen MR) is 109 cm³/mol. The molecule has 0 aliphatic carbocycles. The normalized spacial score (nSPS) is 17.2. The van der Waals surface area contributed by atoms with Gasteiger partial charge in [0.15, 0.2) is 0 Å². The van der Waals surface area contributed by atoms with Crippen molar-refractivity contribution in [1.29, 1.82) is 5.26 Å². The molecule has 0 spiro atoms. The minimum atomic E-state index is 0.0744. The Kier molecular flexibility index (Phi) is 6.10. The molecule has 1 heterocycles. The number of nitrogens with zero attached hydrogens (tertiary/aromatic N) is 2. The molecule has 1 aliphatic heterocycles. The summed E-state index contributed by atoms with van der Waals surface area (Å²) in [5.74, 6) is 0. The van der Waals surface area contributed by atoms with Crippen molar-refractivity contribution >= 4 is 22.6 Å². The van der Waals surface area contributed by atoms with Crippen LogP contribution in [-0.2, 0) is 13.2 Å². The van der Waals surface area contributed by atoms with Gasteiger partial charge in [0.2, 0.25) is 0 Å². The number of hydrogen-bond acceptors (Lipinski definition) is 3. The fourth-order valence-electron chi connectivity index (χ4n) is 3.34. The summed E-state index contributed by atoms with van der Waals surface area (Å²) in [4.78, 5) is 2.48. The zero-order valence-corrected chi connectivity index (χ0v) is 16.4. The molecule has 3 nitrogen and oxygen atoms in total. The Morgan fingerprint density at radius 2 is 1.76 bits per heavy atom. The first-order chi connectivity index (χ1) is 12.1. The highest BCUT2D eigenvalue weighted by molar-refractivity contribution is 14.1. The molecule has 0 saturated carbocycles. The molecule has 3 rings (SSSR count). The second-order valence-electron chi connectivity index (χ2n) is 6.82. The number of halogens is 1. The second-order valence-corrected chi connectivity index (χ2v) is 9.11. The minimum Gasteiger partial charge on any atom is -0.392 e. The van der Waals surface area contributed by atoms with Crippen molar-refractivity contribution in [3.05, 3.63) is 59.7 Å². The monoisotopic (exact) mass is 446 g/mol. The number of likely N-dealkylation sites (tertiary alicyclic amines) is 1. The van der Waals surface area contributed by atoms with Crippen molar-refractivity contribution in [2.75, 3.05) is 13.1 Å². The van der Waals surface area contributed by atoms with Crippen LogP contribution in [0.2, 0.25) is 0 Å². The summed E-state index contributed by atoms with van der Waals surface area (Å²) >= 11 is 2.48. The van der Waals surface area contributed by atoms with Gasteiger partial charge in [-0.1, -0.05) is 65.1 Å². The Hall–Kier alpha value is -1.42. The predicted octanol–water partition coefficient (Wildman–Crippen LogP) is 4.53. The summed E-state index contributed by atoms with van der Waals surface area (Å²) in [5, 5.41) is 18.2. The van der Waals surface area contributed by atoms with Gasteiger partial charge in [-0.15, -0.1) is 0 Å². The van der Waals surface area contributed by atoms with Crippen molar-refractivity contribution < 1.29 is 5.11 Å². The first-order valence-electron chi connectivity index (χ1n) is 8.69. The Balaban J connectivity index is 1.61. The maximum Gasteiger partial charge on any atom is 0.0682 e. The summed E-state index contributed by atoms with van der Waals surface area (Å²) < 4.78 is 0.171. The van der Waals surface area contributed by atoms with Crippen LogP contribution in [0.15, 0.2) is 48.5 Å². The van der Waals surface area contributed by atoms with Crippen molar-refractivity contribution in [2.45, 2.75) is 35.8 Å². The summed E-state index contributed by atoms with van der Waals surface area (Å²) in [6.07, 6.45) is 2.84. The van der Waals surface area contributed by atoms with Crippen molar-refractivity contribution in [3.8, 4) is 17.2 Å². The minimum absolute atomic E-state index is 0.0744. The average molecular weight is 446 g/mol. The number of hydrogen-bond donors (Lipinski definition) is 1. The van der Waals surface area contributed by atoms with Gasteiger partial charge in [0, 0.05) is 16.4 Å². The van der Waals surface area contributed by atoms with Crippen LogP contribution in [0.5, 0.6) is 0 Å². The van der Waals surface area contributed by atoms with Gasteiger partial charge in [-0.05, 0) is 54.3 Å². The molecular weight excluding hydrogens is 423 g/mol. The van der Waals surface area contributed by atoms with Crippen LogP contribution >= 0.6 is 22.6 Å². The maximum absolute atomic E-state index is 9.28. The third-order valence-electron chi connectivity index (χ3n) is 4.95. The Labute approximate surface area is 163 Å². The van der Waals surface area contributed by atoms with Gasteiger partial charge in [0.25, 0.3) is 0 Å². The number of rotatable bonds is 5. The third kappa shape index (κ3) is 4.81. The van der Waals surface area contributed by atoms with E-state index in [-0.39, 0.29) is 10.0 Å². The van der Waals surface area contributed by atoms with Crippen LogP contribution in [-0.4, -0.2) is 26.5 Å². The SMILES string of the molecule is N#CCC1(I)CCN(Cc2ccc(-c3cccc(CO)c3)cc2)CC1. The van der Waals surface area contributed by atoms with Crippen LogP contribution in [0.3, 0.4) is 0 Å². The first kappa shape index (κ1) is 18.4. The van der Waals surface area contributed by atoms with Gasteiger partial charge < -0.3 is 5.11 Å². The standard InChI is InChI=1S/C21H23IN2O/c22-21(8-11-23)9-12-24(13-10-21)15-17-4-6-19(7-5-17)20-3-1-2-18(14-20)16-25/h1-7,14,25H,8-10,12-13,15-16H2. The molecule has 0 atom stereocenters. The number of nitriles is 1. The summed E-state index contributed by atoms with van der Waals surface area (Å²) in [6, 6.07) is 19.1. The molecule has 0 bridgehead atoms. The van der Waals surface area contributed by atoms with Gasteiger partial charge >= 0.3 is 0 Å². The van der Waals surface area contributed by atoms with Crippen LogP contribution < -0.4 is 0 Å². The Morgan fingerprint density at radius 1 is 1.04 bits per heavy atom. The van der Waals surface area contributed by atoms with Gasteiger partial charge in [0.1, 0.15) is 0 Å². The van der Waals surface area contributed by atoms with Gasteiger partial charge in [-0.25, -0.2) is 0 Å². The molecule has 0 unspecified atom stereocenters. The first-order valence-corrected chi connectivity index (χ1v) is 9.77. The number of aliphatic hydroxyl groups excluding tert-OH is 1. The average Bonchev–Trinajstić information content (AvgIpc) is 2.65. The van der Waals surface area contributed by atoms with E-state index in [0.29, 0.717) is 6.42 Å². The van der Waals surface area contributed by atoms with Gasteiger partial charge in [-0.3, -0.25) is 4.90 Å². The zero-order valence-electron chi connectivity index (χ0n) is 14.3. The molecule has 130 valence electrons. The van der Waals surface area contributed by atoms with Crippen molar-refractivity contribution in [2.24, 2.45) is 0 Å². The van der Waals surface area contributed by atoms with Crippen LogP contribution in [0, 0.1) is 11.3 Å². The van der Waals surface area contributed by atoms with E-state index in [1.165, 1.54) is 11.1 Å². The highest BCUT2D eigenvalue weighted by Crippen LogP contribution is 2.35. The van der Waals surface area contributed by atoms with Crippen LogP contribution in [0.1, 0.15) is 30.4 Å². The Morgan fingerprint density at radius 3 is 2.40 bits per heavy atom. The summed E-state index contributed by atoms with van der Waals surface area (Å²) in [5.41, 5.74) is 4.58. The lowest BCUT2D eigenvalue weighted by atomic mass is 9.93. The molecule has 1 aliphatic rings. The second kappa shape index (κ2) is 8.31. The highest BCUT2D eigenvalue weighted by Gasteiger charge is 2.31. The lowest BCUT2D eigenvalue weighted by molar-refractivity contribution is 0.199. The van der Waals surface area contributed by atoms with Crippen LogP contribution in [0.25, 0.3) is 11.1 Å². The molecule has 0 radical (unpaired) electrons. The van der Waals surface area contributed by atoms with Gasteiger partial charge in [0.05, 0.1) is 12.7 Å². The maximum atomic E-state index is 9.28. The molecule has 25 heavy (non-hydrogen) atoms. The number of alkyl halides is 1. The molecule has 4 heteroatoms. The van der Waals surface area contributed by atoms with Gasteiger partial charge in [-0.2, -0.15) is 5.26 Å². The largest absolute Gasteiger partial charge is 0.392 e. The van der Waals surface area contributed by atoms with Crippen molar-refractivity contribution in [1.82, 2.24) is 4.90 Å². The molecule has 2 aromatic rings. The quantitative estimate of drug-likeness (QED) is 0.543. The van der Waals surface area contributed by atoms with E-state index in [9.17, 15) is 5.11 Å². The summed E-state index contributed by atoms with van der Waals surface area (Å²) in [7, 11) is 0. The third-order valence-corrected chi connectivity index (χ3v) is 6.41. The highest BCUT2D eigenvalue weighted by atomic mass is 127. The van der Waals surface area contributed by atoms with Crippen LogP contribution in [0.4, 0.5) is 0 Å². The lowest BCUT2D eigenvalue weighted by Gasteiger charge is -2.36. The van der Waals surface area contributed by atoms with E-state index in [1.54, 1.807) is 0 Å². The molecule has 1 N–H and O–H groups in total. The molecular formula is C21H23IN2O. The lowest BCUT2D eigenvalue weighted by Crippen LogP contribution is -2.40. The number of benzene rings is 2. The topological polar surface area (TPSA) is 47.3 Å². The Bertz CT molecular complexity index is 743. The molecule has 1 saturated heterocycles. The van der Waals surface area contributed by atoms with E-state index >= 15 is 0 Å². The number of aliphatic hydroxyl groups is 1. The molecule has 0 amide bonds. The molecule has 1 fully saturated rings. The zero-order chi connectivity index (χ0) is 17.7. The van der Waals surface area contributed by atoms with E-state index in [1.807, 2.05) is 18.2 Å². The number of piperidine rings is 1. The molecule has 2 aromatic carbocycles. The fraction of sp³-hybridized carbons (Fsp3) is 0.381. The smallest absolute Gasteiger partial charge is 0.0682 e. The van der Waals surface area contributed by atoms with E-state index < -0.39 is 0 Å². The van der Waals surface area contributed by atoms with Crippen molar-refractivity contribution in [3.63, 3.8) is 0 Å². The van der Waals surface area contributed by atoms with E-state index in [4.69, 9.17) is 5.26 Å². The van der Waals surface area contributed by atoms with E-state index in [0.717, 1.165) is 43.6 Å². The molecule has 0 aromatic heterocycles. The van der Waals surface area contributed by atoms with E-state index in [2.05, 4.69) is 63.9 Å².